The molecule has 0 fully saturated rings. The monoisotopic (exact) mass is 395 g/mol. The zero-order chi connectivity index (χ0) is 19.1. The summed E-state index contributed by atoms with van der Waals surface area (Å²) in [4.78, 5) is 35.4. The van der Waals surface area contributed by atoms with E-state index in [-0.39, 0.29) is 6.54 Å². The van der Waals surface area contributed by atoms with Crippen molar-refractivity contribution in [2.24, 2.45) is 0 Å². The maximum atomic E-state index is 11.9. The van der Waals surface area contributed by atoms with Crippen molar-refractivity contribution in [3.8, 4) is 5.75 Å². The predicted octanol–water partition coefficient (Wildman–Crippen LogP) is 2.70. The van der Waals surface area contributed by atoms with Gasteiger partial charge in [0.2, 0.25) is 5.91 Å². The number of hydrogen-bond acceptors (Lipinski definition) is 4. The highest BCUT2D eigenvalue weighted by atomic mass is 35.5. The molecule has 26 heavy (non-hydrogen) atoms. The fraction of sp³-hybridized carbons (Fsp3) is 0.118. The molecule has 0 aliphatic carbocycles. The van der Waals surface area contributed by atoms with Gasteiger partial charge in [-0.25, -0.2) is 0 Å². The average Bonchev–Trinajstić information content (AvgIpc) is 2.61. The van der Waals surface area contributed by atoms with Crippen LogP contribution >= 0.6 is 23.2 Å². The number of amides is 3. The lowest BCUT2D eigenvalue weighted by Crippen LogP contribution is -2.39. The molecule has 0 aliphatic heterocycles. The van der Waals surface area contributed by atoms with Crippen molar-refractivity contribution in [1.82, 2.24) is 5.32 Å². The molecule has 0 heterocycles. The molecule has 3 amide bonds. The van der Waals surface area contributed by atoms with Crippen LogP contribution in [0.3, 0.4) is 0 Å². The molecule has 0 radical (unpaired) electrons. The Morgan fingerprint density at radius 3 is 2.19 bits per heavy atom. The normalized spacial score (nSPS) is 9.96. The van der Waals surface area contributed by atoms with Gasteiger partial charge in [0.1, 0.15) is 5.75 Å². The van der Waals surface area contributed by atoms with E-state index in [1.54, 1.807) is 36.4 Å². The summed E-state index contributed by atoms with van der Waals surface area (Å²) in [6.45, 7) is -0.378. The largest absolute Gasteiger partial charge is 0.495 e. The zero-order valence-corrected chi connectivity index (χ0v) is 15.1. The Morgan fingerprint density at radius 1 is 0.923 bits per heavy atom. The first-order chi connectivity index (χ1) is 12.4. The molecule has 0 aliphatic rings. The van der Waals surface area contributed by atoms with Crippen LogP contribution in [0, 0.1) is 0 Å². The van der Waals surface area contributed by atoms with E-state index in [1.165, 1.54) is 13.2 Å². The summed E-state index contributed by atoms with van der Waals surface area (Å²) in [5, 5.41) is 7.99. The molecule has 0 saturated carbocycles. The number of methoxy groups -OCH3 is 1. The van der Waals surface area contributed by atoms with Crippen molar-refractivity contribution in [2.75, 3.05) is 24.3 Å². The van der Waals surface area contributed by atoms with Crippen molar-refractivity contribution in [3.05, 3.63) is 52.5 Å². The van der Waals surface area contributed by atoms with Crippen LogP contribution in [0.4, 0.5) is 11.4 Å². The summed E-state index contributed by atoms with van der Waals surface area (Å²) in [7, 11) is 1.48. The van der Waals surface area contributed by atoms with Crippen LogP contribution in [0.2, 0.25) is 10.0 Å². The van der Waals surface area contributed by atoms with Crippen LogP contribution in [0.1, 0.15) is 0 Å². The number of nitrogens with one attached hydrogen (secondary N) is 3. The number of carbonyl (C=O) groups excluding carboxylic acids is 3. The lowest BCUT2D eigenvalue weighted by Gasteiger charge is -2.09. The lowest BCUT2D eigenvalue weighted by molar-refractivity contribution is -0.136. The van der Waals surface area contributed by atoms with Crippen LogP contribution in [0.5, 0.6) is 5.75 Å². The topological polar surface area (TPSA) is 96.5 Å². The predicted molar refractivity (Wildman–Crippen MR) is 99.7 cm³/mol. The summed E-state index contributed by atoms with van der Waals surface area (Å²) in [5.41, 5.74) is 0.840. The third kappa shape index (κ3) is 5.65. The van der Waals surface area contributed by atoms with Gasteiger partial charge >= 0.3 is 11.8 Å². The molecule has 0 spiro atoms. The number of rotatable bonds is 5. The first-order valence-electron chi connectivity index (χ1n) is 7.37. The fourth-order valence-corrected chi connectivity index (χ4v) is 2.29. The molecule has 2 aromatic rings. The third-order valence-electron chi connectivity index (χ3n) is 3.15. The van der Waals surface area contributed by atoms with Gasteiger partial charge in [-0.1, -0.05) is 23.2 Å². The Bertz CT molecular complexity index is 825. The van der Waals surface area contributed by atoms with E-state index in [0.29, 0.717) is 27.2 Å². The number of benzene rings is 2. The average molecular weight is 396 g/mol. The summed E-state index contributed by atoms with van der Waals surface area (Å²) < 4.78 is 5.01. The van der Waals surface area contributed by atoms with Crippen molar-refractivity contribution in [1.29, 1.82) is 0 Å². The molecule has 0 atom stereocenters. The highest BCUT2D eigenvalue weighted by Crippen LogP contribution is 2.27. The van der Waals surface area contributed by atoms with Crippen molar-refractivity contribution >= 4 is 52.3 Å². The van der Waals surface area contributed by atoms with E-state index in [0.717, 1.165) is 0 Å². The molecule has 0 unspecified atom stereocenters. The molecular formula is C17H15Cl2N3O4. The van der Waals surface area contributed by atoms with Gasteiger partial charge < -0.3 is 20.7 Å². The van der Waals surface area contributed by atoms with E-state index in [9.17, 15) is 14.4 Å². The van der Waals surface area contributed by atoms with Crippen molar-refractivity contribution in [3.63, 3.8) is 0 Å². The first-order valence-corrected chi connectivity index (χ1v) is 8.13. The Kier molecular flexibility index (Phi) is 6.82. The third-order valence-corrected chi connectivity index (χ3v) is 3.70. The summed E-state index contributed by atoms with van der Waals surface area (Å²) >= 11 is 11.7. The Labute approximate surface area is 159 Å². The molecule has 7 nitrogen and oxygen atoms in total. The van der Waals surface area contributed by atoms with Crippen LogP contribution in [-0.4, -0.2) is 31.4 Å². The molecule has 136 valence electrons. The molecule has 3 N–H and O–H groups in total. The molecule has 0 saturated heterocycles. The minimum absolute atomic E-state index is 0.330. The van der Waals surface area contributed by atoms with Crippen LogP contribution in [-0.2, 0) is 14.4 Å². The second kappa shape index (κ2) is 9.07. The highest BCUT2D eigenvalue weighted by Gasteiger charge is 2.15. The van der Waals surface area contributed by atoms with E-state index in [4.69, 9.17) is 27.9 Å². The lowest BCUT2D eigenvalue weighted by atomic mass is 10.3. The number of ether oxygens (including phenoxy) is 1. The van der Waals surface area contributed by atoms with Crippen LogP contribution in [0.25, 0.3) is 0 Å². The van der Waals surface area contributed by atoms with Gasteiger partial charge in [0.15, 0.2) is 0 Å². The van der Waals surface area contributed by atoms with Gasteiger partial charge in [0, 0.05) is 16.4 Å². The summed E-state index contributed by atoms with van der Waals surface area (Å²) in [6.07, 6.45) is 0. The minimum Gasteiger partial charge on any atom is -0.495 e. The van der Waals surface area contributed by atoms with Gasteiger partial charge in [-0.05, 0) is 42.5 Å². The molecule has 0 bridgehead atoms. The number of halogens is 2. The van der Waals surface area contributed by atoms with E-state index in [2.05, 4.69) is 16.0 Å². The maximum Gasteiger partial charge on any atom is 0.313 e. The van der Waals surface area contributed by atoms with Crippen LogP contribution < -0.4 is 20.7 Å². The Balaban J connectivity index is 1.82. The maximum absolute atomic E-state index is 11.9. The van der Waals surface area contributed by atoms with E-state index < -0.39 is 17.7 Å². The Hall–Kier alpha value is -2.77. The second-order valence-corrected chi connectivity index (χ2v) is 5.88. The van der Waals surface area contributed by atoms with Gasteiger partial charge in [0.05, 0.1) is 18.7 Å². The molecule has 0 aromatic heterocycles. The zero-order valence-electron chi connectivity index (χ0n) is 13.6. The summed E-state index contributed by atoms with van der Waals surface area (Å²) in [5.74, 6) is -1.88. The van der Waals surface area contributed by atoms with E-state index in [1.807, 2.05) is 0 Å². The highest BCUT2D eigenvalue weighted by molar-refractivity contribution is 6.40. The van der Waals surface area contributed by atoms with Gasteiger partial charge in [-0.2, -0.15) is 0 Å². The second-order valence-electron chi connectivity index (χ2n) is 5.04. The van der Waals surface area contributed by atoms with Crippen molar-refractivity contribution in [2.45, 2.75) is 0 Å². The van der Waals surface area contributed by atoms with E-state index >= 15 is 0 Å². The number of hydrogen-bond donors (Lipinski definition) is 3. The number of anilines is 2. The fourth-order valence-electron chi connectivity index (χ4n) is 1.91. The summed E-state index contributed by atoms with van der Waals surface area (Å²) in [6, 6.07) is 10.9. The SMILES string of the molecule is COc1ccc(NC(=O)CNC(=O)C(=O)Nc2ccc(Cl)cc2)cc1Cl. The molecule has 2 aromatic carbocycles. The quantitative estimate of drug-likeness (QED) is 0.678. The van der Waals surface area contributed by atoms with Gasteiger partial charge in [-0.3, -0.25) is 14.4 Å². The molecule has 2 rings (SSSR count). The molecule has 9 heteroatoms. The standard InChI is InChI=1S/C17H15Cl2N3O4/c1-26-14-7-6-12(8-13(14)19)21-15(23)9-20-16(24)17(25)22-11-4-2-10(18)3-5-11/h2-8H,9H2,1H3,(H,20,24)(H,21,23)(H,22,25). The first kappa shape index (κ1) is 19.6. The van der Waals surface area contributed by atoms with Gasteiger partial charge in [0.25, 0.3) is 0 Å². The Morgan fingerprint density at radius 2 is 1.58 bits per heavy atom. The van der Waals surface area contributed by atoms with Gasteiger partial charge in [-0.15, -0.1) is 0 Å². The smallest absolute Gasteiger partial charge is 0.313 e. The van der Waals surface area contributed by atoms with Crippen LogP contribution in [0.15, 0.2) is 42.5 Å². The minimum atomic E-state index is -0.942. The number of carbonyl (C=O) groups is 3. The van der Waals surface area contributed by atoms with Crippen molar-refractivity contribution < 1.29 is 19.1 Å². The molecular weight excluding hydrogens is 381 g/mol.